The van der Waals surface area contributed by atoms with E-state index >= 15 is 0 Å². The van der Waals surface area contributed by atoms with Gasteiger partial charge in [-0.2, -0.15) is 0 Å². The van der Waals surface area contributed by atoms with Crippen LogP contribution in [0.5, 0.6) is 0 Å². The first kappa shape index (κ1) is 23.6. The summed E-state index contributed by atoms with van der Waals surface area (Å²) in [6.07, 6.45) is 3.28. The Labute approximate surface area is 189 Å². The van der Waals surface area contributed by atoms with Gasteiger partial charge in [0.25, 0.3) is 0 Å². The fourth-order valence-electron chi connectivity index (χ4n) is 3.87. The summed E-state index contributed by atoms with van der Waals surface area (Å²) in [4.78, 5) is 16.3. The standard InChI is InChI=1S/C25H31N3O4/c1-5-9-22-26-24(25(31-3,32-4)16-6-2)27-28(22)17-18-12-14-19(15-13-18)20-10-7-8-11-21(20)23(29)30/h7-8,10-15H,5-6,9,16-17H2,1-4H3,(H,29,30). The predicted molar refractivity (Wildman–Crippen MR) is 123 cm³/mol. The van der Waals surface area contributed by atoms with Crippen molar-refractivity contribution in [3.8, 4) is 11.1 Å². The molecule has 0 bridgehead atoms. The minimum absolute atomic E-state index is 0.290. The van der Waals surface area contributed by atoms with Crippen LogP contribution in [0, 0.1) is 0 Å². The summed E-state index contributed by atoms with van der Waals surface area (Å²) in [5.41, 5.74) is 2.90. The highest BCUT2D eigenvalue weighted by atomic mass is 16.7. The summed E-state index contributed by atoms with van der Waals surface area (Å²) in [5.74, 6) is -0.458. The third-order valence-electron chi connectivity index (χ3n) is 5.56. The lowest BCUT2D eigenvalue weighted by atomic mass is 9.99. The number of benzene rings is 2. The third-order valence-corrected chi connectivity index (χ3v) is 5.56. The Morgan fingerprint density at radius 2 is 1.72 bits per heavy atom. The molecule has 0 atom stereocenters. The maximum Gasteiger partial charge on any atom is 0.336 e. The number of carboxylic acid groups (broad SMARTS) is 1. The average Bonchev–Trinajstić information content (AvgIpc) is 3.21. The first-order valence-electron chi connectivity index (χ1n) is 10.9. The van der Waals surface area contributed by atoms with Gasteiger partial charge in [-0.15, -0.1) is 5.10 Å². The summed E-state index contributed by atoms with van der Waals surface area (Å²) >= 11 is 0. The molecule has 7 heteroatoms. The van der Waals surface area contributed by atoms with Gasteiger partial charge in [-0.25, -0.2) is 14.5 Å². The van der Waals surface area contributed by atoms with E-state index < -0.39 is 11.8 Å². The molecule has 0 unspecified atom stereocenters. The minimum Gasteiger partial charge on any atom is -0.478 e. The van der Waals surface area contributed by atoms with Crippen LogP contribution in [0.3, 0.4) is 0 Å². The molecule has 1 heterocycles. The van der Waals surface area contributed by atoms with Gasteiger partial charge in [0.05, 0.1) is 12.1 Å². The van der Waals surface area contributed by atoms with Gasteiger partial charge in [0.2, 0.25) is 11.6 Å². The summed E-state index contributed by atoms with van der Waals surface area (Å²) in [7, 11) is 3.24. The van der Waals surface area contributed by atoms with Crippen molar-refractivity contribution in [2.24, 2.45) is 0 Å². The fraction of sp³-hybridized carbons (Fsp3) is 0.400. The van der Waals surface area contributed by atoms with Gasteiger partial charge in [0.1, 0.15) is 5.82 Å². The maximum absolute atomic E-state index is 11.5. The summed E-state index contributed by atoms with van der Waals surface area (Å²) < 4.78 is 13.3. The Balaban J connectivity index is 1.90. The molecule has 0 saturated carbocycles. The van der Waals surface area contributed by atoms with Crippen molar-refractivity contribution in [3.63, 3.8) is 0 Å². The molecule has 0 aliphatic carbocycles. The second kappa shape index (κ2) is 10.5. The zero-order valence-corrected chi connectivity index (χ0v) is 19.2. The van der Waals surface area contributed by atoms with Crippen LogP contribution in [-0.4, -0.2) is 40.1 Å². The Bertz CT molecular complexity index is 1040. The van der Waals surface area contributed by atoms with Crippen LogP contribution >= 0.6 is 0 Å². The Kier molecular flexibility index (Phi) is 7.77. The molecule has 3 rings (SSSR count). The van der Waals surface area contributed by atoms with Gasteiger partial charge in [0.15, 0.2) is 0 Å². The number of carboxylic acids is 1. The smallest absolute Gasteiger partial charge is 0.336 e. The predicted octanol–water partition coefficient (Wildman–Crippen LogP) is 4.89. The van der Waals surface area contributed by atoms with Crippen LogP contribution in [0.15, 0.2) is 48.5 Å². The molecular weight excluding hydrogens is 406 g/mol. The molecule has 1 aromatic heterocycles. The molecule has 2 aromatic carbocycles. The second-order valence-electron chi connectivity index (χ2n) is 7.72. The molecule has 0 saturated heterocycles. The number of ether oxygens (including phenoxy) is 2. The van der Waals surface area contributed by atoms with Crippen molar-refractivity contribution in [1.29, 1.82) is 0 Å². The van der Waals surface area contributed by atoms with E-state index in [0.717, 1.165) is 36.2 Å². The summed E-state index contributed by atoms with van der Waals surface area (Å²) in [5, 5.41) is 14.2. The Morgan fingerprint density at radius 1 is 1.03 bits per heavy atom. The van der Waals surface area contributed by atoms with Crippen molar-refractivity contribution >= 4 is 5.97 Å². The van der Waals surface area contributed by atoms with Crippen LogP contribution in [0.4, 0.5) is 0 Å². The summed E-state index contributed by atoms with van der Waals surface area (Å²) in [6.45, 7) is 4.74. The molecular formula is C25H31N3O4. The lowest BCUT2D eigenvalue weighted by Crippen LogP contribution is -2.32. The van der Waals surface area contributed by atoms with Crippen LogP contribution in [0.1, 0.15) is 60.7 Å². The topological polar surface area (TPSA) is 86.5 Å². The van der Waals surface area contributed by atoms with Gasteiger partial charge in [-0.1, -0.05) is 62.7 Å². The van der Waals surface area contributed by atoms with Crippen molar-refractivity contribution in [1.82, 2.24) is 14.8 Å². The van der Waals surface area contributed by atoms with E-state index in [2.05, 4.69) is 13.8 Å². The summed E-state index contributed by atoms with van der Waals surface area (Å²) in [6, 6.07) is 14.9. The van der Waals surface area contributed by atoms with E-state index in [9.17, 15) is 9.90 Å². The van der Waals surface area contributed by atoms with Gasteiger partial charge < -0.3 is 14.6 Å². The van der Waals surface area contributed by atoms with Gasteiger partial charge in [0, 0.05) is 27.1 Å². The van der Waals surface area contributed by atoms with E-state index in [0.29, 0.717) is 24.4 Å². The minimum atomic E-state index is -0.951. The molecule has 32 heavy (non-hydrogen) atoms. The number of carbonyl (C=O) groups is 1. The fourth-order valence-corrected chi connectivity index (χ4v) is 3.87. The highest BCUT2D eigenvalue weighted by Crippen LogP contribution is 2.29. The van der Waals surface area contributed by atoms with E-state index in [1.54, 1.807) is 26.4 Å². The molecule has 0 fully saturated rings. The lowest BCUT2D eigenvalue weighted by Gasteiger charge is -2.27. The first-order valence-corrected chi connectivity index (χ1v) is 10.9. The highest BCUT2D eigenvalue weighted by molar-refractivity contribution is 5.95. The van der Waals surface area contributed by atoms with E-state index in [4.69, 9.17) is 19.6 Å². The number of aromatic carboxylic acids is 1. The second-order valence-corrected chi connectivity index (χ2v) is 7.72. The van der Waals surface area contributed by atoms with Gasteiger partial charge in [-0.05, 0) is 29.2 Å². The van der Waals surface area contributed by atoms with Crippen LogP contribution in [-0.2, 0) is 28.2 Å². The zero-order valence-electron chi connectivity index (χ0n) is 19.2. The molecule has 0 radical (unpaired) electrons. The van der Waals surface area contributed by atoms with Crippen molar-refractivity contribution < 1.29 is 19.4 Å². The number of nitrogens with zero attached hydrogens (tertiary/aromatic N) is 3. The first-order chi connectivity index (χ1) is 15.5. The monoisotopic (exact) mass is 437 g/mol. The molecule has 0 amide bonds. The quantitative estimate of drug-likeness (QED) is 0.430. The Morgan fingerprint density at radius 3 is 2.31 bits per heavy atom. The molecule has 170 valence electrons. The van der Waals surface area contributed by atoms with Crippen LogP contribution < -0.4 is 0 Å². The van der Waals surface area contributed by atoms with Crippen molar-refractivity contribution in [3.05, 3.63) is 71.3 Å². The number of aryl methyl sites for hydroxylation is 1. The van der Waals surface area contributed by atoms with Crippen molar-refractivity contribution in [2.75, 3.05) is 14.2 Å². The largest absolute Gasteiger partial charge is 0.478 e. The Hall–Kier alpha value is -3.03. The van der Waals surface area contributed by atoms with Crippen molar-refractivity contribution in [2.45, 2.75) is 51.9 Å². The van der Waals surface area contributed by atoms with Crippen LogP contribution in [0.2, 0.25) is 0 Å². The third kappa shape index (κ3) is 4.89. The maximum atomic E-state index is 11.5. The number of hydrogen-bond acceptors (Lipinski definition) is 5. The number of methoxy groups -OCH3 is 2. The molecule has 3 aromatic rings. The normalized spacial score (nSPS) is 11.6. The number of rotatable bonds is 11. The SMILES string of the molecule is CCCc1nc(C(CCC)(OC)OC)nn1Cc1ccc(-c2ccccc2C(=O)O)cc1. The van der Waals surface area contributed by atoms with E-state index in [1.807, 2.05) is 41.1 Å². The van der Waals surface area contributed by atoms with Crippen LogP contribution in [0.25, 0.3) is 11.1 Å². The number of aromatic nitrogens is 3. The highest BCUT2D eigenvalue weighted by Gasteiger charge is 2.36. The van der Waals surface area contributed by atoms with E-state index in [-0.39, 0.29) is 5.56 Å². The zero-order chi connectivity index (χ0) is 23.1. The lowest BCUT2D eigenvalue weighted by molar-refractivity contribution is -0.225. The molecule has 1 N–H and O–H groups in total. The van der Waals surface area contributed by atoms with Gasteiger partial charge >= 0.3 is 5.97 Å². The molecule has 7 nitrogen and oxygen atoms in total. The average molecular weight is 438 g/mol. The molecule has 0 spiro atoms. The molecule has 0 aliphatic heterocycles. The van der Waals surface area contributed by atoms with Gasteiger partial charge in [-0.3, -0.25) is 0 Å². The number of hydrogen-bond donors (Lipinski definition) is 1. The molecule has 0 aliphatic rings. The van der Waals surface area contributed by atoms with E-state index in [1.165, 1.54) is 0 Å².